The molecule has 1 fully saturated rings. The number of aromatic nitrogens is 2. The number of hydrogen-bond acceptors (Lipinski definition) is 8. The number of ether oxygens (including phenoxy) is 1. The van der Waals surface area contributed by atoms with E-state index in [1.165, 1.54) is 0 Å². The molecule has 1 aromatic heterocycles. The van der Waals surface area contributed by atoms with E-state index in [0.29, 0.717) is 0 Å². The van der Waals surface area contributed by atoms with Crippen molar-refractivity contribution < 1.29 is 30.0 Å². The first kappa shape index (κ1) is 17.5. The molecule has 0 bridgehead atoms. The number of nitrogens with one attached hydrogen (secondary N) is 1. The number of nitrogens with zero attached hydrogens (tertiary/aromatic N) is 1. The summed E-state index contributed by atoms with van der Waals surface area (Å²) >= 11 is 0. The molecule has 1 saturated heterocycles. The highest BCUT2D eigenvalue weighted by atomic mass is 16.6. The second-order valence-electron chi connectivity index (χ2n) is 5.19. The van der Waals surface area contributed by atoms with Crippen LogP contribution in [0.3, 0.4) is 0 Å². The fraction of sp³-hybridized carbons (Fsp3) is 0.615. The Morgan fingerprint density at radius 3 is 2.52 bits per heavy atom. The number of carbonyl (C=O) groups is 1. The number of Topliss-reactive ketones (excluding diaryl/α,β-unsaturated/α-hetero) is 1. The SMILES string of the molecule is O=C(CCCO)c1cn([C@@H]2O[C@H](CO)[C@@H](O)[C@H]2O)c(=O)[nH]c1=O. The third-order valence-electron chi connectivity index (χ3n) is 3.62. The van der Waals surface area contributed by atoms with Crippen molar-refractivity contribution in [3.8, 4) is 0 Å². The van der Waals surface area contributed by atoms with Crippen molar-refractivity contribution in [3.63, 3.8) is 0 Å². The predicted molar refractivity (Wildman–Crippen MR) is 75.0 cm³/mol. The lowest BCUT2D eigenvalue weighted by Crippen LogP contribution is -2.39. The van der Waals surface area contributed by atoms with Gasteiger partial charge in [0.2, 0.25) is 0 Å². The molecule has 10 nitrogen and oxygen atoms in total. The van der Waals surface area contributed by atoms with Gasteiger partial charge < -0.3 is 25.2 Å². The first-order valence-corrected chi connectivity index (χ1v) is 7.02. The van der Waals surface area contributed by atoms with Crippen molar-refractivity contribution in [1.82, 2.24) is 9.55 Å². The molecule has 0 aliphatic carbocycles. The van der Waals surface area contributed by atoms with Gasteiger partial charge in [-0.15, -0.1) is 0 Å². The van der Waals surface area contributed by atoms with Crippen molar-refractivity contribution in [2.75, 3.05) is 13.2 Å². The van der Waals surface area contributed by atoms with Crippen LogP contribution in [0, 0.1) is 0 Å². The fourth-order valence-electron chi connectivity index (χ4n) is 2.36. The minimum Gasteiger partial charge on any atom is -0.396 e. The Morgan fingerprint density at radius 2 is 1.96 bits per heavy atom. The Kier molecular flexibility index (Phi) is 5.44. The first-order valence-electron chi connectivity index (χ1n) is 7.02. The normalized spacial score (nSPS) is 27.3. The average Bonchev–Trinajstić information content (AvgIpc) is 2.80. The van der Waals surface area contributed by atoms with Gasteiger partial charge in [-0.05, 0) is 6.42 Å². The zero-order valence-corrected chi connectivity index (χ0v) is 12.1. The Labute approximate surface area is 129 Å². The van der Waals surface area contributed by atoms with E-state index in [-0.39, 0.29) is 25.0 Å². The summed E-state index contributed by atoms with van der Waals surface area (Å²) < 4.78 is 5.99. The maximum atomic E-state index is 11.9. The van der Waals surface area contributed by atoms with Crippen LogP contribution in [0.2, 0.25) is 0 Å². The summed E-state index contributed by atoms with van der Waals surface area (Å²) in [6.07, 6.45) is -4.37. The lowest BCUT2D eigenvalue weighted by molar-refractivity contribution is -0.0551. The fourth-order valence-corrected chi connectivity index (χ4v) is 2.36. The molecule has 0 saturated carbocycles. The highest BCUT2D eigenvalue weighted by molar-refractivity contribution is 5.95. The summed E-state index contributed by atoms with van der Waals surface area (Å²) in [6, 6.07) is 0. The highest BCUT2D eigenvalue weighted by Crippen LogP contribution is 2.28. The summed E-state index contributed by atoms with van der Waals surface area (Å²) in [4.78, 5) is 37.5. The Balaban J connectivity index is 2.38. The van der Waals surface area contributed by atoms with Crippen LogP contribution in [0.15, 0.2) is 15.8 Å². The lowest BCUT2D eigenvalue weighted by Gasteiger charge is -2.17. The summed E-state index contributed by atoms with van der Waals surface area (Å²) in [6.45, 7) is -0.798. The molecule has 2 rings (SSSR count). The summed E-state index contributed by atoms with van der Waals surface area (Å²) in [7, 11) is 0. The number of carbonyl (C=O) groups excluding carboxylic acids is 1. The van der Waals surface area contributed by atoms with E-state index < -0.39 is 48.2 Å². The Morgan fingerprint density at radius 1 is 1.26 bits per heavy atom. The number of aliphatic hydroxyl groups excluding tert-OH is 4. The van der Waals surface area contributed by atoms with Gasteiger partial charge in [0.25, 0.3) is 5.56 Å². The summed E-state index contributed by atoms with van der Waals surface area (Å²) in [5.74, 6) is -0.583. The molecule has 4 atom stereocenters. The van der Waals surface area contributed by atoms with E-state index in [1.54, 1.807) is 0 Å². The van der Waals surface area contributed by atoms with Gasteiger partial charge >= 0.3 is 5.69 Å². The largest absolute Gasteiger partial charge is 0.396 e. The maximum Gasteiger partial charge on any atom is 0.330 e. The number of aromatic amines is 1. The van der Waals surface area contributed by atoms with E-state index in [9.17, 15) is 24.6 Å². The smallest absolute Gasteiger partial charge is 0.330 e. The van der Waals surface area contributed by atoms with Gasteiger partial charge in [0.15, 0.2) is 12.0 Å². The van der Waals surface area contributed by atoms with Crippen LogP contribution >= 0.6 is 0 Å². The molecule has 1 aliphatic rings. The van der Waals surface area contributed by atoms with Gasteiger partial charge in [-0.1, -0.05) is 0 Å². The number of hydrogen-bond donors (Lipinski definition) is 5. The second kappa shape index (κ2) is 7.15. The highest BCUT2D eigenvalue weighted by Gasteiger charge is 2.43. The van der Waals surface area contributed by atoms with Crippen LogP contribution in [0.4, 0.5) is 0 Å². The van der Waals surface area contributed by atoms with E-state index >= 15 is 0 Å². The van der Waals surface area contributed by atoms with Crippen LogP contribution in [0.5, 0.6) is 0 Å². The topological polar surface area (TPSA) is 162 Å². The lowest BCUT2D eigenvalue weighted by atomic mass is 10.1. The van der Waals surface area contributed by atoms with Crippen LogP contribution in [-0.4, -0.2) is 67.3 Å². The van der Waals surface area contributed by atoms with Crippen LogP contribution in [0.25, 0.3) is 0 Å². The molecule has 0 aromatic carbocycles. The monoisotopic (exact) mass is 330 g/mol. The summed E-state index contributed by atoms with van der Waals surface area (Å²) in [5, 5.41) is 37.4. The molecular weight excluding hydrogens is 312 g/mol. The zero-order valence-electron chi connectivity index (χ0n) is 12.1. The van der Waals surface area contributed by atoms with Gasteiger partial charge in [0.05, 0.1) is 12.2 Å². The molecule has 23 heavy (non-hydrogen) atoms. The molecule has 2 heterocycles. The Bertz CT molecular complexity index is 681. The van der Waals surface area contributed by atoms with Crippen molar-refractivity contribution >= 4 is 5.78 Å². The Hall–Kier alpha value is -1.85. The first-order chi connectivity index (χ1) is 10.9. The predicted octanol–water partition coefficient (Wildman–Crippen LogP) is -2.90. The molecule has 0 spiro atoms. The van der Waals surface area contributed by atoms with Gasteiger partial charge in [0, 0.05) is 19.2 Å². The molecule has 5 N–H and O–H groups in total. The molecule has 0 unspecified atom stereocenters. The van der Waals surface area contributed by atoms with Crippen molar-refractivity contribution in [2.24, 2.45) is 0 Å². The second-order valence-corrected chi connectivity index (χ2v) is 5.19. The van der Waals surface area contributed by atoms with Crippen LogP contribution in [0.1, 0.15) is 29.4 Å². The van der Waals surface area contributed by atoms with Crippen LogP contribution < -0.4 is 11.2 Å². The van der Waals surface area contributed by atoms with Gasteiger partial charge in [0.1, 0.15) is 18.3 Å². The van der Waals surface area contributed by atoms with Crippen molar-refractivity contribution in [2.45, 2.75) is 37.4 Å². The minimum atomic E-state index is -1.52. The van der Waals surface area contributed by atoms with E-state index in [4.69, 9.17) is 14.9 Å². The maximum absolute atomic E-state index is 11.9. The summed E-state index contributed by atoms with van der Waals surface area (Å²) in [5.41, 5.74) is -2.14. The van der Waals surface area contributed by atoms with E-state index in [2.05, 4.69) is 0 Å². The quantitative estimate of drug-likeness (QED) is 0.347. The molecule has 1 aliphatic heterocycles. The third-order valence-corrected chi connectivity index (χ3v) is 3.62. The molecule has 1 aromatic rings. The van der Waals surface area contributed by atoms with Gasteiger partial charge in [-0.2, -0.15) is 0 Å². The number of aliphatic hydroxyl groups is 4. The molecule has 0 amide bonds. The molecular formula is C13H18N2O8. The number of rotatable bonds is 6. The minimum absolute atomic E-state index is 0.0895. The number of ketones is 1. The van der Waals surface area contributed by atoms with E-state index in [1.807, 2.05) is 4.98 Å². The number of H-pyrrole nitrogens is 1. The van der Waals surface area contributed by atoms with Gasteiger partial charge in [-0.3, -0.25) is 19.1 Å². The van der Waals surface area contributed by atoms with Crippen molar-refractivity contribution in [3.05, 3.63) is 32.6 Å². The zero-order chi connectivity index (χ0) is 17.1. The molecule has 128 valence electrons. The molecule has 10 heteroatoms. The van der Waals surface area contributed by atoms with E-state index in [0.717, 1.165) is 10.8 Å². The van der Waals surface area contributed by atoms with Crippen LogP contribution in [-0.2, 0) is 4.74 Å². The van der Waals surface area contributed by atoms with Crippen molar-refractivity contribution in [1.29, 1.82) is 0 Å². The third kappa shape index (κ3) is 3.41. The molecule has 0 radical (unpaired) electrons. The average molecular weight is 330 g/mol. The standard InChI is InChI=1S/C13H18N2O8/c16-3-1-2-7(18)6-4-15(13(22)14-11(6)21)12-10(20)9(19)8(5-17)23-12/h4,8-10,12,16-17,19-20H,1-3,5H2,(H,14,21,22)/t8-,9-,10-,12-/m1/s1. The van der Waals surface area contributed by atoms with Gasteiger partial charge in [-0.25, -0.2) is 4.79 Å².